The van der Waals surface area contributed by atoms with Gasteiger partial charge in [0.25, 0.3) is 6.02 Å². The van der Waals surface area contributed by atoms with Crippen LogP contribution in [0.15, 0.2) is 58.3 Å². The Balaban J connectivity index is 1.84. The maximum atomic E-state index is 14.6. The monoisotopic (exact) mass is 420 g/mol. The van der Waals surface area contributed by atoms with Crippen LogP contribution < -0.4 is 5.32 Å². The van der Waals surface area contributed by atoms with Crippen molar-refractivity contribution in [3.05, 3.63) is 58.9 Å². The number of likely N-dealkylation sites (N-methyl/N-ethyl adjacent to an activating group) is 1. The molecule has 0 unspecified atom stereocenters. The summed E-state index contributed by atoms with van der Waals surface area (Å²) < 4.78 is 26.4. The molecule has 1 aromatic carbocycles. The van der Waals surface area contributed by atoms with Crippen molar-refractivity contribution in [3.63, 3.8) is 0 Å². The molecule has 2 N–H and O–H groups in total. The summed E-state index contributed by atoms with van der Waals surface area (Å²) in [5.74, 6) is -0.591. The van der Waals surface area contributed by atoms with Crippen LogP contribution in [-0.2, 0) is 16.1 Å². The van der Waals surface area contributed by atoms with Crippen molar-refractivity contribution in [2.75, 3.05) is 20.2 Å². The molecular weight excluding hydrogens is 395 g/mol. The smallest absolute Gasteiger partial charge is 0.297 e. The molecule has 2 heterocycles. The van der Waals surface area contributed by atoms with Gasteiger partial charge in [0.1, 0.15) is 13.2 Å². The Hall–Kier alpha value is -2.38. The van der Waals surface area contributed by atoms with Crippen molar-refractivity contribution in [3.8, 4) is 0 Å². The van der Waals surface area contributed by atoms with E-state index in [-0.39, 0.29) is 30.3 Å². The van der Waals surface area contributed by atoms with E-state index in [9.17, 15) is 4.39 Å². The molecule has 0 radical (unpaired) electrons. The number of amidine groups is 1. The molecule has 6 nitrogen and oxygen atoms in total. The van der Waals surface area contributed by atoms with Crippen LogP contribution in [0, 0.1) is 5.41 Å². The molecule has 1 saturated heterocycles. The van der Waals surface area contributed by atoms with E-state index in [1.807, 2.05) is 37.3 Å². The second-order valence-corrected chi connectivity index (χ2v) is 7.42. The number of nitrogens with zero attached hydrogens (tertiary/aromatic N) is 2. The van der Waals surface area contributed by atoms with Gasteiger partial charge in [-0.2, -0.15) is 4.99 Å². The van der Waals surface area contributed by atoms with Gasteiger partial charge >= 0.3 is 0 Å². The standard InChI is InChI=1S/C21H26ClFN4O2/c1-3-16-18(17(23)19(22)24)25-21(29-13-15-10-7-11-27(15)2)26-20(16)28-12-14-8-5-4-6-9-14/h4-6,8-9,15,24H,3,7,10-13H2,1-2H3,(H,25,26)/b18-17-,24-19?/t15-/m0/s1. The van der Waals surface area contributed by atoms with Gasteiger partial charge < -0.3 is 19.7 Å². The number of ether oxygens (including phenoxy) is 2. The highest BCUT2D eigenvalue weighted by Gasteiger charge is 2.27. The van der Waals surface area contributed by atoms with Gasteiger partial charge in [-0.15, -0.1) is 0 Å². The van der Waals surface area contributed by atoms with Gasteiger partial charge in [-0.25, -0.2) is 4.39 Å². The third-order valence-electron chi connectivity index (χ3n) is 5.06. The largest absolute Gasteiger partial charge is 0.472 e. The van der Waals surface area contributed by atoms with Crippen LogP contribution >= 0.6 is 11.6 Å². The van der Waals surface area contributed by atoms with E-state index in [0.717, 1.165) is 24.9 Å². The summed E-state index contributed by atoms with van der Waals surface area (Å²) >= 11 is 5.61. The minimum absolute atomic E-state index is 0.0698. The van der Waals surface area contributed by atoms with Crippen LogP contribution in [0.4, 0.5) is 4.39 Å². The van der Waals surface area contributed by atoms with E-state index in [1.54, 1.807) is 0 Å². The fourth-order valence-electron chi connectivity index (χ4n) is 3.38. The molecule has 0 aromatic heterocycles. The van der Waals surface area contributed by atoms with E-state index in [2.05, 4.69) is 22.3 Å². The fraction of sp³-hybridized carbons (Fsp3) is 0.429. The van der Waals surface area contributed by atoms with Crippen LogP contribution in [0.2, 0.25) is 0 Å². The Bertz CT molecular complexity index is 838. The van der Waals surface area contributed by atoms with E-state index < -0.39 is 11.0 Å². The van der Waals surface area contributed by atoms with Gasteiger partial charge in [0.15, 0.2) is 11.0 Å². The van der Waals surface area contributed by atoms with Gasteiger partial charge in [-0.05, 0) is 38.4 Å². The zero-order chi connectivity index (χ0) is 20.8. The normalized spacial score (nSPS) is 21.5. The number of rotatable bonds is 7. The summed E-state index contributed by atoms with van der Waals surface area (Å²) in [4.78, 5) is 6.67. The van der Waals surface area contributed by atoms with Crippen LogP contribution in [-0.4, -0.2) is 42.3 Å². The molecule has 2 aliphatic heterocycles. The Morgan fingerprint density at radius 1 is 1.34 bits per heavy atom. The lowest BCUT2D eigenvalue weighted by Gasteiger charge is -2.25. The summed E-state index contributed by atoms with van der Waals surface area (Å²) in [5, 5.41) is 9.65. The molecule has 156 valence electrons. The third-order valence-corrected chi connectivity index (χ3v) is 5.23. The minimum Gasteiger partial charge on any atom is -0.472 e. The van der Waals surface area contributed by atoms with E-state index in [1.165, 1.54) is 0 Å². The number of hydrogen-bond acceptors (Lipinski definition) is 6. The molecule has 0 spiro atoms. The number of hydrogen-bond donors (Lipinski definition) is 2. The first-order chi connectivity index (χ1) is 14.0. The van der Waals surface area contributed by atoms with Crippen LogP contribution in [0.3, 0.4) is 0 Å². The van der Waals surface area contributed by atoms with E-state index in [0.29, 0.717) is 18.6 Å². The average molecular weight is 421 g/mol. The topological polar surface area (TPSA) is 69.9 Å². The lowest BCUT2D eigenvalue weighted by molar-refractivity contribution is 0.171. The molecule has 29 heavy (non-hydrogen) atoms. The molecule has 0 amide bonds. The summed E-state index contributed by atoms with van der Waals surface area (Å²) in [6, 6.07) is 10.1. The quantitative estimate of drug-likeness (QED) is 0.645. The summed E-state index contributed by atoms with van der Waals surface area (Å²) in [5.41, 5.74) is 1.55. The lowest BCUT2D eigenvalue weighted by Crippen LogP contribution is -2.36. The summed E-state index contributed by atoms with van der Waals surface area (Å²) in [6.45, 7) is 3.61. The van der Waals surface area contributed by atoms with E-state index in [4.69, 9.17) is 26.5 Å². The Labute approximate surface area is 175 Å². The van der Waals surface area contributed by atoms with Crippen molar-refractivity contribution in [2.24, 2.45) is 4.99 Å². The lowest BCUT2D eigenvalue weighted by atomic mass is 10.1. The predicted molar refractivity (Wildman–Crippen MR) is 112 cm³/mol. The van der Waals surface area contributed by atoms with Crippen molar-refractivity contribution < 1.29 is 13.9 Å². The molecule has 0 saturated carbocycles. The summed E-state index contributed by atoms with van der Waals surface area (Å²) in [7, 11) is 2.06. The zero-order valence-corrected chi connectivity index (χ0v) is 17.4. The van der Waals surface area contributed by atoms with Gasteiger partial charge in [-0.1, -0.05) is 48.9 Å². The molecule has 8 heteroatoms. The van der Waals surface area contributed by atoms with Gasteiger partial charge in [-0.3, -0.25) is 5.41 Å². The maximum absolute atomic E-state index is 14.6. The first kappa shape index (κ1) is 21.3. The van der Waals surface area contributed by atoms with Gasteiger partial charge in [0, 0.05) is 11.6 Å². The number of halogens is 2. The minimum atomic E-state index is -0.863. The van der Waals surface area contributed by atoms with Crippen LogP contribution in [0.5, 0.6) is 0 Å². The van der Waals surface area contributed by atoms with Gasteiger partial charge in [0.05, 0.1) is 5.70 Å². The van der Waals surface area contributed by atoms with Crippen LogP contribution in [0.25, 0.3) is 0 Å². The molecule has 2 aliphatic rings. The first-order valence-electron chi connectivity index (χ1n) is 9.72. The summed E-state index contributed by atoms with van der Waals surface area (Å²) in [6.07, 6.45) is 2.62. The Morgan fingerprint density at radius 2 is 2.10 bits per heavy atom. The molecule has 1 fully saturated rings. The number of allylic oxidation sites excluding steroid dienone is 2. The van der Waals surface area contributed by atoms with E-state index >= 15 is 0 Å². The highest BCUT2D eigenvalue weighted by Crippen LogP contribution is 2.28. The second-order valence-electron chi connectivity index (χ2n) is 7.04. The van der Waals surface area contributed by atoms with Crippen LogP contribution in [0.1, 0.15) is 31.7 Å². The first-order valence-corrected chi connectivity index (χ1v) is 10.1. The molecule has 1 atom stereocenters. The van der Waals surface area contributed by atoms with Crippen molar-refractivity contribution in [2.45, 2.75) is 38.8 Å². The van der Waals surface area contributed by atoms with Crippen molar-refractivity contribution in [1.29, 1.82) is 5.41 Å². The van der Waals surface area contributed by atoms with Gasteiger partial charge in [0.2, 0.25) is 5.88 Å². The number of likely N-dealkylation sites (tertiary alicyclic amines) is 1. The average Bonchev–Trinajstić information content (AvgIpc) is 3.15. The third kappa shape index (κ3) is 5.36. The highest BCUT2D eigenvalue weighted by molar-refractivity contribution is 6.68. The zero-order valence-electron chi connectivity index (χ0n) is 16.7. The fourth-order valence-corrected chi connectivity index (χ4v) is 3.48. The Morgan fingerprint density at radius 3 is 2.72 bits per heavy atom. The molecule has 3 rings (SSSR count). The SMILES string of the molecule is CCC1=C(OCc2ccccc2)N=C(OC[C@@H]2CCCN2C)N/C1=C(\F)C(=N)Cl. The number of nitrogens with one attached hydrogen (secondary N) is 2. The predicted octanol–water partition coefficient (Wildman–Crippen LogP) is 4.29. The second kappa shape index (κ2) is 9.89. The number of aliphatic imine (C=N–C) groups is 1. The van der Waals surface area contributed by atoms with Crippen molar-refractivity contribution >= 4 is 22.8 Å². The molecule has 1 aromatic rings. The Kier molecular flexibility index (Phi) is 7.28. The maximum Gasteiger partial charge on any atom is 0.297 e. The molecule has 0 bridgehead atoms. The number of benzene rings is 1. The molecule has 0 aliphatic carbocycles. The van der Waals surface area contributed by atoms with Crippen molar-refractivity contribution in [1.82, 2.24) is 10.2 Å². The molecular formula is C21H26ClFN4O2. The highest BCUT2D eigenvalue weighted by atomic mass is 35.5.